The number of nitrogens with one attached hydrogen (secondary N) is 1. The highest BCUT2D eigenvalue weighted by molar-refractivity contribution is 7.98. The molecule has 262 valence electrons. The Labute approximate surface area is 294 Å². The topological polar surface area (TPSA) is 80.9 Å². The molecule has 1 N–H and O–H groups in total. The predicted molar refractivity (Wildman–Crippen MR) is 191 cm³/mol. The molecule has 0 saturated carbocycles. The van der Waals surface area contributed by atoms with Crippen molar-refractivity contribution in [3.63, 3.8) is 0 Å². The van der Waals surface area contributed by atoms with E-state index >= 15 is 0 Å². The lowest BCUT2D eigenvalue weighted by atomic mass is 10.0. The number of alkyl halides is 3. The van der Waals surface area contributed by atoms with Gasteiger partial charge in [-0.05, 0) is 81.6 Å². The molecule has 0 amide bonds. The molecule has 1 unspecified atom stereocenters. The van der Waals surface area contributed by atoms with Crippen LogP contribution in [0.1, 0.15) is 64.5 Å². The fourth-order valence-corrected chi connectivity index (χ4v) is 7.19. The average Bonchev–Trinajstić information content (AvgIpc) is 3.74. The maximum atomic E-state index is 13.1. The molecule has 1 aliphatic rings. The lowest BCUT2D eigenvalue weighted by Gasteiger charge is -2.20. The van der Waals surface area contributed by atoms with E-state index in [1.54, 1.807) is 11.8 Å². The molecule has 0 saturated heterocycles. The predicted octanol–water partition coefficient (Wildman–Crippen LogP) is 6.92. The Morgan fingerprint density at radius 2 is 1.54 bits per heavy atom. The van der Waals surface area contributed by atoms with Crippen molar-refractivity contribution in [2.45, 2.75) is 69.3 Å². The van der Waals surface area contributed by atoms with Crippen molar-refractivity contribution in [1.82, 2.24) is 34.5 Å². The van der Waals surface area contributed by atoms with Gasteiger partial charge in [0.1, 0.15) is 5.82 Å². The molecule has 1 atom stereocenters. The zero-order valence-corrected chi connectivity index (χ0v) is 29.6. The molecule has 0 aliphatic heterocycles. The third-order valence-corrected chi connectivity index (χ3v) is 10.1. The lowest BCUT2D eigenvalue weighted by molar-refractivity contribution is -0.137. The smallest absolute Gasteiger partial charge is 0.316 e. The summed E-state index contributed by atoms with van der Waals surface area (Å²) in [5.74, 6) is 2.23. The van der Waals surface area contributed by atoms with Crippen molar-refractivity contribution in [1.29, 1.82) is 0 Å². The van der Waals surface area contributed by atoms with E-state index in [0.29, 0.717) is 29.6 Å². The second-order valence-corrected chi connectivity index (χ2v) is 14.1. The van der Waals surface area contributed by atoms with Gasteiger partial charge in [-0.15, -0.1) is 10.2 Å². The largest absolute Gasteiger partial charge is 0.416 e. The summed E-state index contributed by atoms with van der Waals surface area (Å²) in [5, 5.41) is 13.6. The first-order valence-electron chi connectivity index (χ1n) is 16.8. The molecule has 50 heavy (non-hydrogen) atoms. The van der Waals surface area contributed by atoms with Crippen LogP contribution in [0.25, 0.3) is 11.1 Å². The van der Waals surface area contributed by atoms with E-state index in [9.17, 15) is 18.0 Å². The highest BCUT2D eigenvalue weighted by Crippen LogP contribution is 2.32. The van der Waals surface area contributed by atoms with Gasteiger partial charge < -0.3 is 19.4 Å². The standard InChI is InChI=1S/C38H42F3N7OS/c1-25-8-10-28(11-9-25)24-50-37-43-36(49)32-6-5-7-33(32)47(37)23-34-44-45-35(26(2)42-20-21-46(3)4)48(34)22-27-12-14-29(15-13-27)30-16-18-31(19-17-30)38(39,40)41/h8-19,26,42H,5-7,20-24H2,1-4H3. The maximum Gasteiger partial charge on any atom is 0.416 e. The molecule has 2 aromatic heterocycles. The van der Waals surface area contributed by atoms with Gasteiger partial charge in [-0.1, -0.05) is 78.0 Å². The Hall–Kier alpha value is -4.26. The molecule has 1 aliphatic carbocycles. The van der Waals surface area contributed by atoms with Gasteiger partial charge in [0, 0.05) is 30.1 Å². The van der Waals surface area contributed by atoms with Gasteiger partial charge in [0.15, 0.2) is 11.0 Å². The second kappa shape index (κ2) is 15.3. The first-order valence-corrected chi connectivity index (χ1v) is 17.8. The number of hydrogen-bond donors (Lipinski definition) is 1. The van der Waals surface area contributed by atoms with E-state index in [4.69, 9.17) is 5.10 Å². The van der Waals surface area contributed by atoms with Crippen molar-refractivity contribution in [3.05, 3.63) is 128 Å². The molecule has 12 heteroatoms. The van der Waals surface area contributed by atoms with Gasteiger partial charge in [0.05, 0.1) is 24.7 Å². The first kappa shape index (κ1) is 35.6. The Balaban J connectivity index is 1.31. The zero-order chi connectivity index (χ0) is 35.4. The molecule has 6 rings (SSSR count). The van der Waals surface area contributed by atoms with Gasteiger partial charge >= 0.3 is 6.18 Å². The van der Waals surface area contributed by atoms with Gasteiger partial charge in [-0.2, -0.15) is 18.2 Å². The summed E-state index contributed by atoms with van der Waals surface area (Å²) >= 11 is 1.56. The number of rotatable bonds is 13. The number of nitrogens with zero attached hydrogens (tertiary/aromatic N) is 6. The normalized spacial score (nSPS) is 13.6. The number of likely N-dealkylation sites (N-methyl/N-ethyl adjacent to an activating group) is 1. The molecule has 3 aromatic carbocycles. The Morgan fingerprint density at radius 3 is 2.20 bits per heavy atom. The summed E-state index contributed by atoms with van der Waals surface area (Å²) < 4.78 is 43.6. The maximum absolute atomic E-state index is 13.1. The number of aryl methyl sites for hydroxylation is 1. The van der Waals surface area contributed by atoms with E-state index in [1.807, 2.05) is 38.4 Å². The lowest BCUT2D eigenvalue weighted by Crippen LogP contribution is -2.30. The van der Waals surface area contributed by atoms with Crippen LogP contribution in [0.4, 0.5) is 13.2 Å². The van der Waals surface area contributed by atoms with Crippen LogP contribution in [0.2, 0.25) is 0 Å². The summed E-state index contributed by atoms with van der Waals surface area (Å²) in [7, 11) is 4.07. The van der Waals surface area contributed by atoms with Crippen LogP contribution in [-0.2, 0) is 37.9 Å². The summed E-state index contributed by atoms with van der Waals surface area (Å²) in [6, 6.07) is 21.4. The number of fused-ring (bicyclic) bond motifs is 1. The van der Waals surface area contributed by atoms with E-state index in [0.717, 1.165) is 84.1 Å². The third-order valence-electron chi connectivity index (χ3n) is 9.08. The summed E-state index contributed by atoms with van der Waals surface area (Å²) in [4.78, 5) is 19.8. The van der Waals surface area contributed by atoms with Crippen molar-refractivity contribution in [2.75, 3.05) is 27.2 Å². The molecule has 0 bridgehead atoms. The molecule has 5 aromatic rings. The quantitative estimate of drug-likeness (QED) is 0.106. The highest BCUT2D eigenvalue weighted by atomic mass is 32.2. The fourth-order valence-electron chi connectivity index (χ4n) is 6.22. The minimum Gasteiger partial charge on any atom is -0.316 e. The fraction of sp³-hybridized carbons (Fsp3) is 0.368. The summed E-state index contributed by atoms with van der Waals surface area (Å²) in [6.07, 6.45) is -1.93. The van der Waals surface area contributed by atoms with Gasteiger partial charge in [0.25, 0.3) is 5.56 Å². The molecule has 0 spiro atoms. The minimum atomic E-state index is -4.37. The second-order valence-electron chi connectivity index (χ2n) is 13.2. The number of halogens is 3. The Morgan fingerprint density at radius 1 is 0.880 bits per heavy atom. The van der Waals surface area contributed by atoms with E-state index < -0.39 is 11.7 Å². The minimum absolute atomic E-state index is 0.0872. The SMILES string of the molecule is Cc1ccc(CSc2nc(=O)c3c(n2Cc2nnc(C(C)NCCN(C)C)n2Cc2ccc(-c4ccc(C(F)(F)F)cc4)cc2)CCC3)cc1. The number of hydrogen-bond acceptors (Lipinski definition) is 7. The van der Waals surface area contributed by atoms with E-state index in [1.165, 1.54) is 17.7 Å². The number of thioether (sulfide) groups is 1. The van der Waals surface area contributed by atoms with Gasteiger partial charge in [-0.25, -0.2) is 0 Å². The van der Waals surface area contributed by atoms with E-state index in [2.05, 4.69) is 67.5 Å². The molecule has 0 fully saturated rings. The van der Waals surface area contributed by atoms with Crippen LogP contribution in [0.5, 0.6) is 0 Å². The molecule has 2 heterocycles. The molecule has 8 nitrogen and oxygen atoms in total. The van der Waals surface area contributed by atoms with Crippen LogP contribution in [-0.4, -0.2) is 56.4 Å². The van der Waals surface area contributed by atoms with Crippen molar-refractivity contribution in [3.8, 4) is 11.1 Å². The van der Waals surface area contributed by atoms with E-state index in [-0.39, 0.29) is 11.6 Å². The van der Waals surface area contributed by atoms with Gasteiger partial charge in [0.2, 0.25) is 0 Å². The summed E-state index contributed by atoms with van der Waals surface area (Å²) in [5.41, 5.74) is 5.89. The van der Waals surface area contributed by atoms with Crippen LogP contribution in [0.3, 0.4) is 0 Å². The van der Waals surface area contributed by atoms with Crippen molar-refractivity contribution >= 4 is 11.8 Å². The van der Waals surface area contributed by atoms with Crippen molar-refractivity contribution in [2.24, 2.45) is 0 Å². The monoisotopic (exact) mass is 701 g/mol. The van der Waals surface area contributed by atoms with Crippen molar-refractivity contribution < 1.29 is 13.2 Å². The molecular formula is C38H42F3N7OS. The zero-order valence-electron chi connectivity index (χ0n) is 28.8. The molecule has 0 radical (unpaired) electrons. The first-order chi connectivity index (χ1) is 24.0. The highest BCUT2D eigenvalue weighted by Gasteiger charge is 2.30. The Kier molecular flexibility index (Phi) is 10.9. The number of benzene rings is 3. The molecular weight excluding hydrogens is 660 g/mol. The average molecular weight is 702 g/mol. The van der Waals surface area contributed by atoms with Crippen LogP contribution in [0.15, 0.2) is 82.7 Å². The van der Waals surface area contributed by atoms with Gasteiger partial charge in [-0.3, -0.25) is 4.79 Å². The number of aromatic nitrogens is 5. The summed E-state index contributed by atoms with van der Waals surface area (Å²) in [6.45, 7) is 6.68. The van der Waals surface area contributed by atoms with Crippen LogP contribution >= 0.6 is 11.8 Å². The Bertz CT molecular complexity index is 1970. The van der Waals surface area contributed by atoms with Crippen LogP contribution in [0, 0.1) is 6.92 Å². The van der Waals surface area contributed by atoms with Crippen LogP contribution < -0.4 is 10.9 Å². The third kappa shape index (κ3) is 8.36.